The van der Waals surface area contributed by atoms with Crippen LogP contribution in [-0.2, 0) is 4.74 Å². The quantitative estimate of drug-likeness (QED) is 0.602. The summed E-state index contributed by atoms with van der Waals surface area (Å²) in [4.78, 5) is 2.17. The second-order valence-corrected chi connectivity index (χ2v) is 3.87. The second-order valence-electron chi connectivity index (χ2n) is 3.87. The van der Waals surface area contributed by atoms with Crippen molar-refractivity contribution in [2.24, 2.45) is 0 Å². The Kier molecular flexibility index (Phi) is 2.52. The lowest BCUT2D eigenvalue weighted by atomic mass is 10.1. The lowest BCUT2D eigenvalue weighted by Gasteiger charge is -2.34. The van der Waals surface area contributed by atoms with Crippen molar-refractivity contribution in [3.05, 3.63) is 0 Å². The molecule has 0 radical (unpaired) electrons. The summed E-state index contributed by atoms with van der Waals surface area (Å²) in [6, 6.07) is 0. The average molecular weight is 159 g/mol. The molecule has 3 nitrogen and oxygen atoms in total. The van der Waals surface area contributed by atoms with Gasteiger partial charge in [-0.2, -0.15) is 0 Å². The molecule has 0 unspecified atom stereocenters. The molecule has 1 rings (SSSR count). The van der Waals surface area contributed by atoms with E-state index in [1.54, 1.807) is 0 Å². The van der Waals surface area contributed by atoms with Crippen LogP contribution in [0.2, 0.25) is 0 Å². The number of aliphatic hydroxyl groups is 1. The Balaban J connectivity index is 2.57. The summed E-state index contributed by atoms with van der Waals surface area (Å²) in [7, 11) is 0. The third kappa shape index (κ3) is 1.92. The van der Waals surface area contributed by atoms with E-state index in [2.05, 4.69) is 25.7 Å². The molecule has 0 bridgehead atoms. The Morgan fingerprint density at radius 1 is 1.55 bits per heavy atom. The van der Waals surface area contributed by atoms with Crippen LogP contribution in [0, 0.1) is 0 Å². The first-order valence-corrected chi connectivity index (χ1v) is 4.05. The van der Waals surface area contributed by atoms with Crippen molar-refractivity contribution in [3.8, 4) is 0 Å². The van der Waals surface area contributed by atoms with Gasteiger partial charge in [0.1, 0.15) is 6.23 Å². The van der Waals surface area contributed by atoms with E-state index in [9.17, 15) is 0 Å². The van der Waals surface area contributed by atoms with Gasteiger partial charge in [0.15, 0.2) is 0 Å². The summed E-state index contributed by atoms with van der Waals surface area (Å²) in [5, 5.41) is 8.93. The van der Waals surface area contributed by atoms with Gasteiger partial charge >= 0.3 is 0 Å². The maximum Gasteiger partial charge on any atom is 0.134 e. The zero-order valence-corrected chi connectivity index (χ0v) is 7.50. The summed E-state index contributed by atoms with van der Waals surface area (Å²) in [6.07, 6.45) is -0.0880. The smallest absolute Gasteiger partial charge is 0.134 e. The van der Waals surface area contributed by atoms with Gasteiger partial charge in [-0.1, -0.05) is 0 Å². The maximum atomic E-state index is 8.93. The highest BCUT2D eigenvalue weighted by molar-refractivity contribution is 4.81. The first-order chi connectivity index (χ1) is 5.05. The first kappa shape index (κ1) is 8.97. The van der Waals surface area contributed by atoms with Crippen LogP contribution < -0.4 is 0 Å². The largest absolute Gasteiger partial charge is 0.392 e. The van der Waals surface area contributed by atoms with Crippen LogP contribution in [0.5, 0.6) is 0 Å². The number of ether oxygens (including phenoxy) is 1. The molecule has 0 aromatic heterocycles. The van der Waals surface area contributed by atoms with Gasteiger partial charge in [-0.3, -0.25) is 4.90 Å². The van der Waals surface area contributed by atoms with E-state index < -0.39 is 0 Å². The second kappa shape index (κ2) is 3.09. The molecule has 0 spiro atoms. The van der Waals surface area contributed by atoms with Crippen LogP contribution in [0.1, 0.15) is 20.8 Å². The molecule has 11 heavy (non-hydrogen) atoms. The standard InChI is InChI=1S/C8H17NO2/c1-8(2,3)9-4-5-11-7(9)6-10/h7,10H,4-6H2,1-3H3/t7-/m0/s1. The predicted octanol–water partition coefficient (Wildman–Crippen LogP) is 0.435. The summed E-state index contributed by atoms with van der Waals surface area (Å²) in [5.74, 6) is 0. The summed E-state index contributed by atoms with van der Waals surface area (Å²) in [5.41, 5.74) is 0.101. The third-order valence-corrected chi connectivity index (χ3v) is 2.01. The zero-order valence-electron chi connectivity index (χ0n) is 7.50. The van der Waals surface area contributed by atoms with Crippen molar-refractivity contribution in [3.63, 3.8) is 0 Å². The minimum Gasteiger partial charge on any atom is -0.392 e. The highest BCUT2D eigenvalue weighted by Crippen LogP contribution is 2.21. The van der Waals surface area contributed by atoms with Crippen molar-refractivity contribution in [1.82, 2.24) is 4.90 Å². The molecule has 1 aliphatic rings. The average Bonchev–Trinajstić information content (AvgIpc) is 2.31. The van der Waals surface area contributed by atoms with Gasteiger partial charge in [0.2, 0.25) is 0 Å². The van der Waals surface area contributed by atoms with Crippen molar-refractivity contribution >= 4 is 0 Å². The minimum absolute atomic E-state index is 0.0880. The van der Waals surface area contributed by atoms with E-state index in [0.29, 0.717) is 0 Å². The fourth-order valence-corrected chi connectivity index (χ4v) is 1.44. The Labute approximate surface area is 68.0 Å². The number of rotatable bonds is 1. The summed E-state index contributed by atoms with van der Waals surface area (Å²) < 4.78 is 5.32. The summed E-state index contributed by atoms with van der Waals surface area (Å²) in [6.45, 7) is 8.15. The van der Waals surface area contributed by atoms with Gasteiger partial charge in [-0.15, -0.1) is 0 Å². The van der Waals surface area contributed by atoms with Crippen molar-refractivity contribution in [2.75, 3.05) is 19.8 Å². The fraction of sp³-hybridized carbons (Fsp3) is 1.00. The molecule has 1 fully saturated rings. The lowest BCUT2D eigenvalue weighted by Crippen LogP contribution is -2.46. The third-order valence-electron chi connectivity index (χ3n) is 2.01. The van der Waals surface area contributed by atoms with Crippen LogP contribution >= 0.6 is 0 Å². The molecule has 1 N–H and O–H groups in total. The van der Waals surface area contributed by atoms with E-state index in [1.165, 1.54) is 0 Å². The molecule has 1 heterocycles. The summed E-state index contributed by atoms with van der Waals surface area (Å²) >= 11 is 0. The Morgan fingerprint density at radius 3 is 2.55 bits per heavy atom. The van der Waals surface area contributed by atoms with Gasteiger partial charge in [-0.05, 0) is 20.8 Å². The lowest BCUT2D eigenvalue weighted by molar-refractivity contribution is -0.0429. The molecule has 0 amide bonds. The Morgan fingerprint density at radius 2 is 2.18 bits per heavy atom. The normalized spacial score (nSPS) is 27.8. The number of hydrogen-bond acceptors (Lipinski definition) is 3. The number of nitrogens with zero attached hydrogens (tertiary/aromatic N) is 1. The SMILES string of the molecule is CC(C)(C)N1CCO[C@H]1CO. The number of aliphatic hydroxyl groups excluding tert-OH is 1. The first-order valence-electron chi connectivity index (χ1n) is 4.05. The molecule has 0 aliphatic carbocycles. The fourth-order valence-electron chi connectivity index (χ4n) is 1.44. The van der Waals surface area contributed by atoms with Gasteiger partial charge in [0.25, 0.3) is 0 Å². The van der Waals surface area contributed by atoms with E-state index in [1.807, 2.05) is 0 Å². The maximum absolute atomic E-state index is 8.93. The molecule has 0 saturated carbocycles. The Hall–Kier alpha value is -0.120. The van der Waals surface area contributed by atoms with Gasteiger partial charge in [0, 0.05) is 12.1 Å². The monoisotopic (exact) mass is 159 g/mol. The molecular weight excluding hydrogens is 142 g/mol. The molecule has 1 aliphatic heterocycles. The molecule has 3 heteroatoms. The van der Waals surface area contributed by atoms with Crippen molar-refractivity contribution in [2.45, 2.75) is 32.5 Å². The highest BCUT2D eigenvalue weighted by Gasteiger charge is 2.32. The van der Waals surface area contributed by atoms with Crippen LogP contribution in [0.25, 0.3) is 0 Å². The van der Waals surface area contributed by atoms with Crippen LogP contribution in [0.4, 0.5) is 0 Å². The molecule has 66 valence electrons. The van der Waals surface area contributed by atoms with E-state index in [-0.39, 0.29) is 18.4 Å². The van der Waals surface area contributed by atoms with E-state index in [4.69, 9.17) is 9.84 Å². The minimum atomic E-state index is -0.0880. The van der Waals surface area contributed by atoms with Crippen LogP contribution in [0.3, 0.4) is 0 Å². The molecule has 0 aromatic rings. The molecular formula is C8H17NO2. The Bertz CT molecular complexity index is 131. The van der Waals surface area contributed by atoms with Crippen LogP contribution in [-0.4, -0.2) is 41.5 Å². The number of hydrogen-bond donors (Lipinski definition) is 1. The molecule has 1 atom stereocenters. The molecule has 0 aromatic carbocycles. The topological polar surface area (TPSA) is 32.7 Å². The van der Waals surface area contributed by atoms with Crippen molar-refractivity contribution in [1.29, 1.82) is 0 Å². The van der Waals surface area contributed by atoms with Gasteiger partial charge < -0.3 is 9.84 Å². The predicted molar refractivity (Wildman–Crippen MR) is 43.3 cm³/mol. The zero-order chi connectivity index (χ0) is 8.48. The van der Waals surface area contributed by atoms with Gasteiger partial charge in [0.05, 0.1) is 13.2 Å². The highest BCUT2D eigenvalue weighted by atomic mass is 16.5. The molecule has 1 saturated heterocycles. The van der Waals surface area contributed by atoms with E-state index >= 15 is 0 Å². The van der Waals surface area contributed by atoms with Crippen LogP contribution in [0.15, 0.2) is 0 Å². The van der Waals surface area contributed by atoms with Crippen molar-refractivity contribution < 1.29 is 9.84 Å². The van der Waals surface area contributed by atoms with E-state index in [0.717, 1.165) is 13.2 Å². The van der Waals surface area contributed by atoms with Gasteiger partial charge in [-0.25, -0.2) is 0 Å².